The second kappa shape index (κ2) is 15.5. The molecule has 0 bridgehead atoms. The Morgan fingerprint density at radius 3 is 2.05 bits per heavy atom. The fourth-order valence-corrected chi connectivity index (χ4v) is 14.7. The van der Waals surface area contributed by atoms with Crippen molar-refractivity contribution in [2.45, 2.75) is 124 Å². The Labute approximate surface area is 239 Å². The van der Waals surface area contributed by atoms with Crippen LogP contribution in [0, 0.1) is 12.8 Å². The number of unbranched alkanes of at least 4 members (excludes halogenated alkanes) is 8. The van der Waals surface area contributed by atoms with Crippen LogP contribution in [-0.4, -0.2) is 8.07 Å². The first-order chi connectivity index (χ1) is 18.0. The highest BCUT2D eigenvalue weighted by atomic mass is 32.1. The first kappa shape index (κ1) is 30.5. The molecule has 1 aliphatic rings. The van der Waals surface area contributed by atoms with Crippen molar-refractivity contribution < 1.29 is 0 Å². The number of allylic oxidation sites excluding steroid dienone is 3. The number of fused-ring (bicyclic) bond motifs is 1. The number of thiophene rings is 1. The first-order valence-corrected chi connectivity index (χ1v) is 18.8. The van der Waals surface area contributed by atoms with Crippen LogP contribution in [0.15, 0.2) is 47.7 Å². The van der Waals surface area contributed by atoms with Crippen molar-refractivity contribution in [2.24, 2.45) is 5.92 Å². The molecule has 3 rings (SSSR count). The zero-order valence-corrected chi connectivity index (χ0v) is 27.1. The third-order valence-electron chi connectivity index (χ3n) is 8.46. The van der Waals surface area contributed by atoms with Crippen molar-refractivity contribution in [3.05, 3.63) is 63.0 Å². The van der Waals surface area contributed by atoms with Crippen LogP contribution in [0.25, 0.3) is 4.91 Å². The van der Waals surface area contributed by atoms with E-state index in [1.807, 2.05) is 11.3 Å². The van der Waals surface area contributed by atoms with E-state index < -0.39 is 8.07 Å². The van der Waals surface area contributed by atoms with Crippen molar-refractivity contribution in [1.82, 2.24) is 0 Å². The Hall–Kier alpha value is -1.03. The number of thiol groups is 1. The molecule has 2 unspecified atom stereocenters. The Bertz CT molecular complexity index is 1010. The van der Waals surface area contributed by atoms with E-state index in [1.54, 1.807) is 15.6 Å². The van der Waals surface area contributed by atoms with Gasteiger partial charge in [0.2, 0.25) is 0 Å². The average Bonchev–Trinajstić information content (AvgIpc) is 3.39. The van der Waals surface area contributed by atoms with E-state index in [9.17, 15) is 0 Å². The SMILES string of the molecule is CC=CC1=C(S)c2sc(C)cc2[Si]1(CC(CCCCCC)CCCCCCCC)c1ccc(CC)cc1. The van der Waals surface area contributed by atoms with Crippen LogP contribution in [0.5, 0.6) is 0 Å². The van der Waals surface area contributed by atoms with Gasteiger partial charge in [-0.15, -0.1) is 24.0 Å². The summed E-state index contributed by atoms with van der Waals surface area (Å²) >= 11 is 7.20. The van der Waals surface area contributed by atoms with Crippen molar-refractivity contribution in [3.8, 4) is 0 Å². The Kier molecular flexibility index (Phi) is 12.8. The molecule has 2 atom stereocenters. The molecule has 0 radical (unpaired) electrons. The van der Waals surface area contributed by atoms with Gasteiger partial charge in [-0.3, -0.25) is 0 Å². The van der Waals surface area contributed by atoms with E-state index in [4.69, 9.17) is 12.6 Å². The van der Waals surface area contributed by atoms with Crippen molar-refractivity contribution in [2.75, 3.05) is 0 Å². The summed E-state index contributed by atoms with van der Waals surface area (Å²) in [5, 5.41) is 4.81. The lowest BCUT2D eigenvalue weighted by molar-refractivity contribution is 0.431. The van der Waals surface area contributed by atoms with Gasteiger partial charge in [-0.1, -0.05) is 134 Å². The van der Waals surface area contributed by atoms with Crippen LogP contribution in [0.2, 0.25) is 6.04 Å². The highest BCUT2D eigenvalue weighted by Crippen LogP contribution is 2.44. The van der Waals surface area contributed by atoms with Gasteiger partial charge < -0.3 is 0 Å². The number of benzene rings is 1. The zero-order chi connectivity index (χ0) is 26.7. The normalized spacial score (nSPS) is 18.2. The van der Waals surface area contributed by atoms with Gasteiger partial charge in [-0.25, -0.2) is 0 Å². The van der Waals surface area contributed by atoms with Gasteiger partial charge in [-0.2, -0.15) is 0 Å². The fraction of sp³-hybridized carbons (Fsp3) is 0.588. The van der Waals surface area contributed by atoms with Gasteiger partial charge >= 0.3 is 0 Å². The average molecular weight is 553 g/mol. The van der Waals surface area contributed by atoms with E-state index in [1.165, 1.54) is 103 Å². The number of rotatable bonds is 17. The molecule has 2 heterocycles. The van der Waals surface area contributed by atoms with E-state index in [0.717, 1.165) is 12.3 Å². The van der Waals surface area contributed by atoms with E-state index in [0.29, 0.717) is 0 Å². The van der Waals surface area contributed by atoms with Gasteiger partial charge in [0, 0.05) is 14.7 Å². The first-order valence-electron chi connectivity index (χ1n) is 15.3. The summed E-state index contributed by atoms with van der Waals surface area (Å²) in [6.07, 6.45) is 22.4. The second-order valence-corrected chi connectivity index (χ2v) is 16.9. The Morgan fingerprint density at radius 1 is 0.865 bits per heavy atom. The van der Waals surface area contributed by atoms with Gasteiger partial charge in [0.1, 0.15) is 0 Å². The van der Waals surface area contributed by atoms with E-state index in [2.05, 4.69) is 77.1 Å². The number of hydrogen-bond acceptors (Lipinski definition) is 2. The lowest BCUT2D eigenvalue weighted by atomic mass is 9.96. The Balaban J connectivity index is 2.00. The molecule has 0 nitrogen and oxygen atoms in total. The van der Waals surface area contributed by atoms with Crippen LogP contribution in [0.3, 0.4) is 0 Å². The van der Waals surface area contributed by atoms with Crippen LogP contribution in [0.4, 0.5) is 0 Å². The van der Waals surface area contributed by atoms with Gasteiger partial charge in [-0.05, 0) is 59.4 Å². The predicted molar refractivity (Wildman–Crippen MR) is 176 cm³/mol. The lowest BCUT2D eigenvalue weighted by Gasteiger charge is -2.35. The maximum atomic E-state index is 5.23. The molecule has 1 aromatic carbocycles. The maximum absolute atomic E-state index is 5.23. The summed E-state index contributed by atoms with van der Waals surface area (Å²) in [6, 6.07) is 13.7. The van der Waals surface area contributed by atoms with Crippen LogP contribution in [0.1, 0.15) is 120 Å². The molecule has 3 heteroatoms. The summed E-state index contributed by atoms with van der Waals surface area (Å²) in [4.78, 5) is 4.17. The molecule has 0 fully saturated rings. The highest BCUT2D eigenvalue weighted by Gasteiger charge is 2.49. The van der Waals surface area contributed by atoms with Crippen LogP contribution < -0.4 is 10.4 Å². The second-order valence-electron chi connectivity index (χ2n) is 11.3. The third-order valence-corrected chi connectivity index (χ3v) is 15.7. The van der Waals surface area contributed by atoms with E-state index >= 15 is 0 Å². The predicted octanol–water partition coefficient (Wildman–Crippen LogP) is 10.3. The fourth-order valence-electron chi connectivity index (χ4n) is 6.39. The topological polar surface area (TPSA) is 0 Å². The molecule has 0 saturated heterocycles. The molecule has 0 aliphatic carbocycles. The zero-order valence-electron chi connectivity index (χ0n) is 24.4. The summed E-state index contributed by atoms with van der Waals surface area (Å²) < 4.78 is 0. The summed E-state index contributed by atoms with van der Waals surface area (Å²) in [6.45, 7) is 11.4. The largest absolute Gasteiger partial charge is 0.152 e. The van der Waals surface area contributed by atoms with Crippen molar-refractivity contribution >= 4 is 47.3 Å². The molecule has 1 aromatic heterocycles. The molecule has 0 saturated carbocycles. The molecule has 204 valence electrons. The molecular weight excluding hydrogens is 501 g/mol. The molecule has 2 aromatic rings. The highest BCUT2D eigenvalue weighted by molar-refractivity contribution is 7.91. The van der Waals surface area contributed by atoms with Gasteiger partial charge in [0.15, 0.2) is 8.07 Å². The number of aryl methyl sites for hydroxylation is 2. The van der Waals surface area contributed by atoms with Crippen molar-refractivity contribution in [3.63, 3.8) is 0 Å². The molecule has 1 aliphatic heterocycles. The molecule has 37 heavy (non-hydrogen) atoms. The Morgan fingerprint density at radius 2 is 1.46 bits per heavy atom. The van der Waals surface area contributed by atoms with Crippen LogP contribution >= 0.6 is 24.0 Å². The standard InChI is InChI=1S/C34H52S2Si/c1-6-10-12-14-15-17-20-29(19-16-13-11-7-2)26-37(30-23-21-28(9-4)22-24-30)31(18-8-3)33(35)34-32(37)25-27(5)36-34/h8,18,21-25,29,35H,6-7,9-17,19-20,26H2,1-5H3. The lowest BCUT2D eigenvalue weighted by Crippen LogP contribution is -2.59. The molecule has 0 N–H and O–H groups in total. The third kappa shape index (κ3) is 7.55. The molecule has 0 amide bonds. The molecular formula is C34H52S2Si. The monoisotopic (exact) mass is 552 g/mol. The summed E-state index contributed by atoms with van der Waals surface area (Å²) in [7, 11) is -2.14. The maximum Gasteiger partial charge on any atom is 0.152 e. The minimum atomic E-state index is -2.14. The van der Waals surface area contributed by atoms with E-state index in [-0.39, 0.29) is 0 Å². The summed E-state index contributed by atoms with van der Waals surface area (Å²) in [5.74, 6) is 0.799. The minimum Gasteiger partial charge on any atom is -0.142 e. The molecule has 0 spiro atoms. The summed E-state index contributed by atoms with van der Waals surface area (Å²) in [5.41, 5.74) is 1.44. The van der Waals surface area contributed by atoms with Gasteiger partial charge in [0.05, 0.1) is 0 Å². The minimum absolute atomic E-state index is 0.799. The smallest absolute Gasteiger partial charge is 0.142 e. The van der Waals surface area contributed by atoms with Crippen LogP contribution in [-0.2, 0) is 6.42 Å². The quantitative estimate of drug-likeness (QED) is 0.113. The number of hydrogen-bond donors (Lipinski definition) is 1. The van der Waals surface area contributed by atoms with Crippen molar-refractivity contribution in [1.29, 1.82) is 0 Å². The van der Waals surface area contributed by atoms with Gasteiger partial charge in [0.25, 0.3) is 0 Å².